The van der Waals surface area contributed by atoms with Gasteiger partial charge in [-0.3, -0.25) is 0 Å². The van der Waals surface area contributed by atoms with Crippen LogP contribution in [0.25, 0.3) is 5.70 Å². The number of hydrogen-bond acceptors (Lipinski definition) is 4. The minimum Gasteiger partial charge on any atom is -0.485 e. The fourth-order valence-electron chi connectivity index (χ4n) is 2.36. The van der Waals surface area contributed by atoms with E-state index < -0.39 is 11.9 Å². The third-order valence-corrected chi connectivity index (χ3v) is 4.09. The van der Waals surface area contributed by atoms with Crippen molar-refractivity contribution in [2.45, 2.75) is 13.0 Å². The van der Waals surface area contributed by atoms with Crippen LogP contribution in [0.3, 0.4) is 0 Å². The van der Waals surface area contributed by atoms with E-state index in [1.54, 1.807) is 12.5 Å². The van der Waals surface area contributed by atoms with Crippen LogP contribution in [0.1, 0.15) is 24.2 Å². The number of nitrogens with zero attached hydrogens (tertiary/aromatic N) is 2. The zero-order valence-electron chi connectivity index (χ0n) is 15.5. The molecule has 8 heteroatoms. The van der Waals surface area contributed by atoms with Crippen molar-refractivity contribution in [3.63, 3.8) is 0 Å². The number of hydrogen-bond donors (Lipinski definition) is 2. The first-order valence-corrected chi connectivity index (χ1v) is 8.82. The molecule has 0 fully saturated rings. The van der Waals surface area contributed by atoms with Gasteiger partial charge in [-0.25, -0.2) is 14.6 Å². The van der Waals surface area contributed by atoms with E-state index >= 15 is 0 Å². The molecule has 1 heterocycles. The average Bonchev–Trinajstić information content (AvgIpc) is 3.23. The Labute approximate surface area is 172 Å². The van der Waals surface area contributed by atoms with Gasteiger partial charge >= 0.3 is 11.9 Å². The zero-order chi connectivity index (χ0) is 21.4. The lowest BCUT2D eigenvalue weighted by Gasteiger charge is -2.19. The quantitative estimate of drug-likeness (QED) is 0.602. The van der Waals surface area contributed by atoms with Gasteiger partial charge in [0.15, 0.2) is 0 Å². The van der Waals surface area contributed by atoms with Gasteiger partial charge in [-0.15, -0.1) is 0 Å². The summed E-state index contributed by atoms with van der Waals surface area (Å²) in [6.07, 6.45) is 5.22. The molecule has 0 aliphatic rings. The summed E-state index contributed by atoms with van der Waals surface area (Å²) in [5, 5.41) is 15.5. The number of ether oxygens (including phenoxy) is 1. The number of para-hydroxylation sites is 1. The molecule has 0 saturated carbocycles. The predicted octanol–water partition coefficient (Wildman–Crippen LogP) is 4.35. The fourth-order valence-corrected chi connectivity index (χ4v) is 2.48. The van der Waals surface area contributed by atoms with Crippen molar-refractivity contribution in [2.24, 2.45) is 0 Å². The maximum atomic E-state index is 9.10. The van der Waals surface area contributed by atoms with Gasteiger partial charge in [0.25, 0.3) is 0 Å². The van der Waals surface area contributed by atoms with Gasteiger partial charge < -0.3 is 19.5 Å². The van der Waals surface area contributed by atoms with Crippen LogP contribution in [0.5, 0.6) is 5.75 Å². The van der Waals surface area contributed by atoms with E-state index in [-0.39, 0.29) is 6.10 Å². The number of rotatable bonds is 5. The summed E-state index contributed by atoms with van der Waals surface area (Å²) >= 11 is 5.94. The Hall–Kier alpha value is -3.58. The second-order valence-corrected chi connectivity index (χ2v) is 6.27. The normalized spacial score (nSPS) is 11.0. The Morgan fingerprint density at radius 3 is 2.28 bits per heavy atom. The Morgan fingerprint density at radius 1 is 1.10 bits per heavy atom. The van der Waals surface area contributed by atoms with E-state index in [4.69, 9.17) is 36.1 Å². The van der Waals surface area contributed by atoms with Crippen molar-refractivity contribution < 1.29 is 24.5 Å². The number of carboxylic acid groups (broad SMARTS) is 2. The molecule has 1 aromatic heterocycles. The number of carboxylic acids is 2. The molecule has 2 aromatic carbocycles. The zero-order valence-corrected chi connectivity index (χ0v) is 16.3. The predicted molar refractivity (Wildman–Crippen MR) is 109 cm³/mol. The highest BCUT2D eigenvalue weighted by molar-refractivity contribution is 6.30. The van der Waals surface area contributed by atoms with Gasteiger partial charge in [0, 0.05) is 23.0 Å². The monoisotopic (exact) mass is 414 g/mol. The maximum Gasteiger partial charge on any atom is 0.414 e. The Kier molecular flexibility index (Phi) is 7.56. The molecule has 3 aromatic rings. The molecule has 2 N–H and O–H groups in total. The molecule has 29 heavy (non-hydrogen) atoms. The summed E-state index contributed by atoms with van der Waals surface area (Å²) in [6, 6.07) is 15.5. The highest BCUT2D eigenvalue weighted by Crippen LogP contribution is 2.30. The molecule has 3 rings (SSSR count). The molecular weight excluding hydrogens is 396 g/mol. The lowest BCUT2D eigenvalue weighted by molar-refractivity contribution is -0.159. The molecule has 1 atom stereocenters. The van der Waals surface area contributed by atoms with E-state index in [2.05, 4.69) is 11.6 Å². The topological polar surface area (TPSA) is 102 Å². The SMILES string of the molecule is C=C(c1ccccc1OC(C)c1ccc(Cl)cc1)n1ccnc1.O=C(O)C(=O)O. The van der Waals surface area contributed by atoms with Crippen LogP contribution < -0.4 is 4.74 Å². The van der Waals surface area contributed by atoms with E-state index in [0.717, 1.165) is 27.6 Å². The first-order chi connectivity index (χ1) is 13.8. The van der Waals surface area contributed by atoms with Gasteiger partial charge in [0.05, 0.1) is 12.0 Å². The molecule has 1 unspecified atom stereocenters. The molecule has 0 bridgehead atoms. The summed E-state index contributed by atoms with van der Waals surface area (Å²) in [7, 11) is 0. The Bertz CT molecular complexity index is 973. The largest absolute Gasteiger partial charge is 0.485 e. The number of aliphatic carboxylic acids is 2. The lowest BCUT2D eigenvalue weighted by Crippen LogP contribution is -2.09. The fraction of sp³-hybridized carbons (Fsp3) is 0.0952. The van der Waals surface area contributed by atoms with Crippen molar-refractivity contribution in [1.29, 1.82) is 0 Å². The second kappa shape index (κ2) is 10.1. The smallest absolute Gasteiger partial charge is 0.414 e. The van der Waals surface area contributed by atoms with E-state index in [1.807, 2.05) is 66.2 Å². The van der Waals surface area contributed by atoms with E-state index in [1.165, 1.54) is 0 Å². The number of carbonyl (C=O) groups is 2. The maximum absolute atomic E-state index is 9.10. The summed E-state index contributed by atoms with van der Waals surface area (Å²) in [5.41, 5.74) is 2.82. The Morgan fingerprint density at radius 2 is 1.72 bits per heavy atom. The van der Waals surface area contributed by atoms with Crippen molar-refractivity contribution in [3.05, 3.63) is 90.0 Å². The molecule has 0 spiro atoms. The van der Waals surface area contributed by atoms with Crippen LogP contribution in [0, 0.1) is 0 Å². The minimum atomic E-state index is -1.82. The highest BCUT2D eigenvalue weighted by atomic mass is 35.5. The van der Waals surface area contributed by atoms with Crippen LogP contribution in [-0.4, -0.2) is 31.7 Å². The molecule has 0 aliphatic carbocycles. The van der Waals surface area contributed by atoms with Crippen molar-refractivity contribution >= 4 is 29.2 Å². The Balaban J connectivity index is 0.000000438. The summed E-state index contributed by atoms with van der Waals surface area (Å²) < 4.78 is 8.02. The van der Waals surface area contributed by atoms with E-state index in [0.29, 0.717) is 0 Å². The number of aromatic nitrogens is 2. The third-order valence-electron chi connectivity index (χ3n) is 3.84. The van der Waals surface area contributed by atoms with Gasteiger partial charge in [0.1, 0.15) is 11.9 Å². The lowest BCUT2D eigenvalue weighted by atomic mass is 10.1. The van der Waals surface area contributed by atoms with Crippen molar-refractivity contribution in [2.75, 3.05) is 0 Å². The van der Waals surface area contributed by atoms with Crippen molar-refractivity contribution in [3.8, 4) is 5.75 Å². The van der Waals surface area contributed by atoms with Crippen LogP contribution in [0.4, 0.5) is 0 Å². The number of benzene rings is 2. The molecular formula is C21H19ClN2O5. The van der Waals surface area contributed by atoms with Crippen molar-refractivity contribution in [1.82, 2.24) is 9.55 Å². The highest BCUT2D eigenvalue weighted by Gasteiger charge is 2.13. The molecule has 7 nitrogen and oxygen atoms in total. The van der Waals surface area contributed by atoms with E-state index in [9.17, 15) is 0 Å². The van der Waals surface area contributed by atoms with Crippen LogP contribution >= 0.6 is 11.6 Å². The van der Waals surface area contributed by atoms with Crippen LogP contribution in [0.15, 0.2) is 73.8 Å². The van der Waals surface area contributed by atoms with Crippen LogP contribution in [0.2, 0.25) is 5.02 Å². The van der Waals surface area contributed by atoms with Crippen LogP contribution in [-0.2, 0) is 9.59 Å². The summed E-state index contributed by atoms with van der Waals surface area (Å²) in [6.45, 7) is 6.16. The van der Waals surface area contributed by atoms with Gasteiger partial charge in [-0.1, -0.05) is 42.4 Å². The third kappa shape index (κ3) is 6.22. The molecule has 0 aliphatic heterocycles. The molecule has 0 saturated heterocycles. The summed E-state index contributed by atoms with van der Waals surface area (Å²) in [5.74, 6) is -2.86. The number of halogens is 1. The van der Waals surface area contributed by atoms with Gasteiger partial charge in [-0.05, 0) is 36.8 Å². The molecule has 150 valence electrons. The molecule has 0 radical (unpaired) electrons. The summed E-state index contributed by atoms with van der Waals surface area (Å²) in [4.78, 5) is 22.3. The van der Waals surface area contributed by atoms with Gasteiger partial charge in [-0.2, -0.15) is 0 Å². The molecule has 0 amide bonds. The second-order valence-electron chi connectivity index (χ2n) is 5.83. The minimum absolute atomic E-state index is 0.0935. The first kappa shape index (κ1) is 21.7. The standard InChI is InChI=1S/C19H17ClN2O.C2H2O4/c1-14(22-12-11-21-13-22)18-5-3-4-6-19(18)23-15(2)16-7-9-17(20)10-8-16;3-1(4)2(5)6/h3-13,15H,1H2,2H3;(H,3,4)(H,5,6). The number of imidazole rings is 1. The van der Waals surface area contributed by atoms with Gasteiger partial charge in [0.2, 0.25) is 0 Å². The first-order valence-electron chi connectivity index (χ1n) is 8.44. The average molecular weight is 415 g/mol.